The van der Waals surface area contributed by atoms with E-state index in [-0.39, 0.29) is 11.9 Å². The van der Waals surface area contributed by atoms with Crippen LogP contribution >= 0.6 is 11.6 Å². The summed E-state index contributed by atoms with van der Waals surface area (Å²) in [5.41, 5.74) is 0. The minimum absolute atomic E-state index is 0.0610. The molecule has 5 heteroatoms. The second kappa shape index (κ2) is 8.91. The van der Waals surface area contributed by atoms with E-state index in [4.69, 9.17) is 16.3 Å². The number of ether oxygens (including phenoxy) is 1. The molecule has 1 saturated heterocycles. The van der Waals surface area contributed by atoms with Crippen LogP contribution in [-0.4, -0.2) is 42.6 Å². The molecule has 25 heavy (non-hydrogen) atoms. The molecule has 1 amide bonds. The van der Waals surface area contributed by atoms with Crippen LogP contribution < -0.4 is 10.1 Å². The first-order valence-corrected chi connectivity index (χ1v) is 9.93. The minimum atomic E-state index is -0.545. The summed E-state index contributed by atoms with van der Waals surface area (Å²) >= 11 is 6.09. The van der Waals surface area contributed by atoms with Crippen molar-refractivity contribution in [2.24, 2.45) is 5.92 Å². The third kappa shape index (κ3) is 5.35. The van der Waals surface area contributed by atoms with Crippen molar-refractivity contribution in [2.75, 3.05) is 19.6 Å². The van der Waals surface area contributed by atoms with Crippen LogP contribution in [0, 0.1) is 5.92 Å². The molecule has 2 fully saturated rings. The first-order chi connectivity index (χ1) is 12.1. The Morgan fingerprint density at radius 1 is 1.24 bits per heavy atom. The van der Waals surface area contributed by atoms with Crippen LogP contribution in [0.3, 0.4) is 0 Å². The zero-order valence-electron chi connectivity index (χ0n) is 15.0. The fraction of sp³-hybridized carbons (Fsp3) is 0.650. The van der Waals surface area contributed by atoms with Crippen molar-refractivity contribution in [1.82, 2.24) is 10.2 Å². The second-order valence-corrected chi connectivity index (χ2v) is 7.83. The summed E-state index contributed by atoms with van der Waals surface area (Å²) in [6.45, 7) is 5.18. The molecule has 1 aliphatic heterocycles. The van der Waals surface area contributed by atoms with Crippen LogP contribution in [0.5, 0.6) is 5.75 Å². The fourth-order valence-electron chi connectivity index (χ4n) is 3.92. The molecule has 0 aromatic heterocycles. The maximum atomic E-state index is 12.4. The molecule has 0 unspecified atom stereocenters. The summed E-state index contributed by atoms with van der Waals surface area (Å²) in [5.74, 6) is 1.39. The van der Waals surface area contributed by atoms with Crippen LogP contribution in [-0.2, 0) is 4.79 Å². The van der Waals surface area contributed by atoms with Crippen LogP contribution in [0.15, 0.2) is 24.3 Å². The maximum absolute atomic E-state index is 12.4. The van der Waals surface area contributed by atoms with E-state index in [9.17, 15) is 4.79 Å². The average molecular weight is 365 g/mol. The van der Waals surface area contributed by atoms with E-state index >= 15 is 0 Å². The second-order valence-electron chi connectivity index (χ2n) is 7.42. The largest absolute Gasteiger partial charge is 0.479 e. The van der Waals surface area contributed by atoms with E-state index in [1.54, 1.807) is 19.1 Å². The quantitative estimate of drug-likeness (QED) is 0.832. The normalized spacial score (nSPS) is 21.2. The Morgan fingerprint density at radius 3 is 2.60 bits per heavy atom. The van der Waals surface area contributed by atoms with Crippen molar-refractivity contribution in [3.63, 3.8) is 0 Å². The highest BCUT2D eigenvalue weighted by molar-refractivity contribution is 6.32. The lowest BCUT2D eigenvalue weighted by atomic mass is 10.0. The number of nitrogens with zero attached hydrogens (tertiary/aromatic N) is 1. The number of carbonyl (C=O) groups excluding carboxylic acids is 1. The summed E-state index contributed by atoms with van der Waals surface area (Å²) in [5, 5.41) is 3.67. The molecule has 1 heterocycles. The Labute approximate surface area is 155 Å². The van der Waals surface area contributed by atoms with Gasteiger partial charge in [-0.2, -0.15) is 0 Å². The highest BCUT2D eigenvalue weighted by atomic mass is 35.5. The smallest absolute Gasteiger partial charge is 0.260 e. The minimum Gasteiger partial charge on any atom is -0.479 e. The third-order valence-electron chi connectivity index (χ3n) is 5.43. The molecule has 2 aliphatic rings. The predicted octanol–water partition coefficient (Wildman–Crippen LogP) is 3.88. The third-order valence-corrected chi connectivity index (χ3v) is 5.75. The van der Waals surface area contributed by atoms with Crippen LogP contribution in [0.1, 0.15) is 45.4 Å². The lowest BCUT2D eigenvalue weighted by Gasteiger charge is -2.34. The van der Waals surface area contributed by atoms with Crippen molar-refractivity contribution in [3.8, 4) is 5.75 Å². The first kappa shape index (κ1) is 18.5. The van der Waals surface area contributed by atoms with Crippen molar-refractivity contribution in [3.05, 3.63) is 29.3 Å². The van der Waals surface area contributed by atoms with Crippen molar-refractivity contribution in [1.29, 1.82) is 0 Å². The van der Waals surface area contributed by atoms with E-state index in [1.807, 2.05) is 12.1 Å². The summed E-state index contributed by atoms with van der Waals surface area (Å²) < 4.78 is 5.70. The molecular weight excluding hydrogens is 336 g/mol. The molecule has 1 atom stereocenters. The molecule has 1 saturated carbocycles. The molecule has 0 radical (unpaired) electrons. The highest BCUT2D eigenvalue weighted by Crippen LogP contribution is 2.27. The predicted molar refractivity (Wildman–Crippen MR) is 101 cm³/mol. The number of para-hydroxylation sites is 1. The van der Waals surface area contributed by atoms with Gasteiger partial charge >= 0.3 is 0 Å². The summed E-state index contributed by atoms with van der Waals surface area (Å²) in [4.78, 5) is 15.0. The lowest BCUT2D eigenvalue weighted by Crippen LogP contribution is -2.48. The van der Waals surface area contributed by atoms with E-state index in [0.29, 0.717) is 10.8 Å². The Hall–Kier alpha value is -1.26. The zero-order valence-corrected chi connectivity index (χ0v) is 15.8. The number of rotatable bonds is 6. The van der Waals surface area contributed by atoms with Gasteiger partial charge in [-0.15, -0.1) is 0 Å². The number of hydrogen-bond acceptors (Lipinski definition) is 3. The SMILES string of the molecule is C[C@H](Oc1ccccc1Cl)C(=O)NC1CCN(CC2CCCC2)CC1. The van der Waals surface area contributed by atoms with Crippen LogP contribution in [0.25, 0.3) is 0 Å². The fourth-order valence-corrected chi connectivity index (χ4v) is 4.10. The van der Waals surface area contributed by atoms with E-state index in [2.05, 4.69) is 10.2 Å². The number of carbonyl (C=O) groups is 1. The Bertz CT molecular complexity index is 567. The van der Waals surface area contributed by atoms with Gasteiger partial charge in [-0.1, -0.05) is 36.6 Å². The molecule has 1 aromatic carbocycles. The van der Waals surface area contributed by atoms with Gasteiger partial charge in [-0.3, -0.25) is 4.79 Å². The standard InChI is InChI=1S/C20H29ClN2O2/c1-15(25-19-9-5-4-8-18(19)21)20(24)22-17-10-12-23(13-11-17)14-16-6-2-3-7-16/h4-5,8-9,15-17H,2-3,6-7,10-14H2,1H3,(H,22,24)/t15-/m0/s1. The summed E-state index contributed by atoms with van der Waals surface area (Å²) in [6.07, 6.45) is 7.10. The number of hydrogen-bond donors (Lipinski definition) is 1. The van der Waals surface area contributed by atoms with Crippen LogP contribution in [0.4, 0.5) is 0 Å². The van der Waals surface area contributed by atoms with Gasteiger partial charge in [0.15, 0.2) is 6.10 Å². The number of halogens is 1. The summed E-state index contributed by atoms with van der Waals surface area (Å²) in [7, 11) is 0. The molecule has 0 spiro atoms. The Morgan fingerprint density at radius 2 is 1.92 bits per heavy atom. The molecular formula is C20H29ClN2O2. The Balaban J connectivity index is 1.40. The molecule has 1 aromatic rings. The number of piperidine rings is 1. The zero-order chi connectivity index (χ0) is 17.6. The van der Waals surface area contributed by atoms with E-state index < -0.39 is 6.10 Å². The van der Waals surface area contributed by atoms with Gasteiger partial charge in [0.25, 0.3) is 5.91 Å². The van der Waals surface area contributed by atoms with Crippen LogP contribution in [0.2, 0.25) is 5.02 Å². The number of benzene rings is 1. The first-order valence-electron chi connectivity index (χ1n) is 9.55. The van der Waals surface area contributed by atoms with Crippen molar-refractivity contribution < 1.29 is 9.53 Å². The number of likely N-dealkylation sites (tertiary alicyclic amines) is 1. The number of amides is 1. The average Bonchev–Trinajstić information content (AvgIpc) is 3.11. The molecule has 1 N–H and O–H groups in total. The maximum Gasteiger partial charge on any atom is 0.260 e. The van der Waals surface area contributed by atoms with Gasteiger partial charge in [0, 0.05) is 25.7 Å². The Kier molecular flexibility index (Phi) is 6.60. The monoisotopic (exact) mass is 364 g/mol. The van der Waals surface area contributed by atoms with Gasteiger partial charge in [-0.25, -0.2) is 0 Å². The van der Waals surface area contributed by atoms with Gasteiger partial charge in [-0.05, 0) is 50.7 Å². The van der Waals surface area contributed by atoms with Gasteiger partial charge in [0.05, 0.1) is 5.02 Å². The van der Waals surface area contributed by atoms with Crippen molar-refractivity contribution >= 4 is 17.5 Å². The summed E-state index contributed by atoms with van der Waals surface area (Å²) in [6, 6.07) is 7.50. The van der Waals surface area contributed by atoms with Crippen molar-refractivity contribution in [2.45, 2.75) is 57.6 Å². The van der Waals surface area contributed by atoms with Gasteiger partial charge in [0.2, 0.25) is 0 Å². The van der Waals surface area contributed by atoms with Gasteiger partial charge < -0.3 is 15.0 Å². The van der Waals surface area contributed by atoms with E-state index in [1.165, 1.54) is 32.2 Å². The number of nitrogens with one attached hydrogen (secondary N) is 1. The molecule has 1 aliphatic carbocycles. The molecule has 4 nitrogen and oxygen atoms in total. The highest BCUT2D eigenvalue weighted by Gasteiger charge is 2.26. The van der Waals surface area contributed by atoms with Gasteiger partial charge in [0.1, 0.15) is 5.75 Å². The lowest BCUT2D eigenvalue weighted by molar-refractivity contribution is -0.128. The molecule has 138 valence electrons. The molecule has 0 bridgehead atoms. The topological polar surface area (TPSA) is 41.6 Å². The van der Waals surface area contributed by atoms with E-state index in [0.717, 1.165) is 31.8 Å². The molecule has 3 rings (SSSR count).